The molecule has 2 heterocycles. The van der Waals surface area contributed by atoms with Crippen LogP contribution in [0.4, 0.5) is 0 Å². The fourth-order valence-electron chi connectivity index (χ4n) is 7.10. The molecule has 5 aromatic rings. The molecule has 0 amide bonds. The molecule has 1 aromatic heterocycles. The summed E-state index contributed by atoms with van der Waals surface area (Å²) in [5.74, 6) is 0. The van der Waals surface area contributed by atoms with E-state index in [1.807, 2.05) is 0 Å². The molecule has 0 bridgehead atoms. The first-order chi connectivity index (χ1) is 21.4. The average molecular weight is 591 g/mol. The summed E-state index contributed by atoms with van der Waals surface area (Å²) in [6, 6.07) is 38.9. The number of benzene rings is 4. The van der Waals surface area contributed by atoms with Crippen LogP contribution in [0.5, 0.6) is 0 Å². The lowest BCUT2D eigenvalue weighted by atomic mass is 9.75. The summed E-state index contributed by atoms with van der Waals surface area (Å²) in [5.41, 5.74) is 15.2. The number of hydrogen-bond donors (Lipinski definition) is 0. The molecule has 0 atom stereocenters. The monoisotopic (exact) mass is 590 g/mol. The van der Waals surface area contributed by atoms with Gasteiger partial charge in [-0.25, -0.2) is 0 Å². The Labute approximate surface area is 271 Å². The van der Waals surface area contributed by atoms with Gasteiger partial charge in [-0.05, 0) is 91.2 Å². The molecule has 45 heavy (non-hydrogen) atoms. The normalized spacial score (nSPS) is 14.2. The van der Waals surface area contributed by atoms with Crippen molar-refractivity contribution >= 4 is 5.57 Å². The first-order valence-corrected chi connectivity index (χ1v) is 16.6. The van der Waals surface area contributed by atoms with Crippen molar-refractivity contribution in [2.75, 3.05) is 0 Å². The molecule has 228 valence electrons. The van der Waals surface area contributed by atoms with E-state index < -0.39 is 0 Å². The van der Waals surface area contributed by atoms with E-state index in [1.165, 1.54) is 66.9 Å². The zero-order chi connectivity index (χ0) is 32.1. The summed E-state index contributed by atoms with van der Waals surface area (Å²) in [7, 11) is 0. The molecule has 0 aliphatic carbocycles. The SMILES string of the molecule is C=C1c2ccc(-c3cc(-c4ccc(C(C)(C)C)cc4)cc(-c4ccc(C(C)(C)C)cc4)c3)cc2-c2cccc[n+]2C1(CC)CC. The predicted octanol–water partition coefficient (Wildman–Crippen LogP) is 11.8. The summed E-state index contributed by atoms with van der Waals surface area (Å²) < 4.78 is 2.47. The van der Waals surface area contributed by atoms with E-state index in [-0.39, 0.29) is 16.4 Å². The Morgan fingerprint density at radius 1 is 0.533 bits per heavy atom. The van der Waals surface area contributed by atoms with Gasteiger partial charge in [-0.3, -0.25) is 0 Å². The van der Waals surface area contributed by atoms with E-state index in [1.54, 1.807) is 0 Å². The smallest absolute Gasteiger partial charge is 0.189 e. The van der Waals surface area contributed by atoms with Gasteiger partial charge in [-0.15, -0.1) is 0 Å². The zero-order valence-corrected chi connectivity index (χ0v) is 28.5. The van der Waals surface area contributed by atoms with Gasteiger partial charge in [-0.1, -0.05) is 123 Å². The van der Waals surface area contributed by atoms with E-state index >= 15 is 0 Å². The standard InChI is InChI=1S/C44H48N/c1-10-44(11-2)30(3)39-24-19-33(29-40(39)41-14-12-13-25-45(41)44)36-27-34(31-15-20-37(21-16-31)42(4,5)6)26-35(28-36)32-17-22-38(23-18-32)43(7,8)9/h12-29H,3,10-11H2,1-2,4-9H3/q+1. The van der Waals surface area contributed by atoms with E-state index in [2.05, 4.69) is 176 Å². The van der Waals surface area contributed by atoms with Gasteiger partial charge in [0.25, 0.3) is 0 Å². The summed E-state index contributed by atoms with van der Waals surface area (Å²) in [6.07, 6.45) is 4.27. The number of fused-ring (bicyclic) bond motifs is 3. The molecular formula is C44H48N+. The Morgan fingerprint density at radius 2 is 1.00 bits per heavy atom. The lowest BCUT2D eigenvalue weighted by molar-refractivity contribution is -0.741. The fourth-order valence-corrected chi connectivity index (χ4v) is 7.10. The molecule has 0 saturated heterocycles. The highest BCUT2D eigenvalue weighted by atomic mass is 15.1. The molecule has 1 heteroatoms. The van der Waals surface area contributed by atoms with Crippen LogP contribution in [0.2, 0.25) is 0 Å². The number of aromatic nitrogens is 1. The molecule has 1 aliphatic rings. The van der Waals surface area contributed by atoms with E-state index in [4.69, 9.17) is 0 Å². The van der Waals surface area contributed by atoms with Gasteiger partial charge in [0.1, 0.15) is 0 Å². The molecule has 0 saturated carbocycles. The Morgan fingerprint density at radius 3 is 1.47 bits per heavy atom. The van der Waals surface area contributed by atoms with Crippen LogP contribution in [0, 0.1) is 0 Å². The predicted molar refractivity (Wildman–Crippen MR) is 193 cm³/mol. The average Bonchev–Trinajstić information content (AvgIpc) is 3.04. The third-order valence-corrected chi connectivity index (χ3v) is 10.1. The minimum Gasteiger partial charge on any atom is -0.189 e. The molecule has 6 rings (SSSR count). The summed E-state index contributed by atoms with van der Waals surface area (Å²) in [4.78, 5) is 0. The molecule has 4 aromatic carbocycles. The molecule has 0 fully saturated rings. The first-order valence-electron chi connectivity index (χ1n) is 16.6. The van der Waals surface area contributed by atoms with Crippen molar-refractivity contribution in [1.29, 1.82) is 0 Å². The van der Waals surface area contributed by atoms with Crippen molar-refractivity contribution in [2.45, 2.75) is 84.6 Å². The Hall–Kier alpha value is -4.23. The van der Waals surface area contributed by atoms with Crippen molar-refractivity contribution < 1.29 is 4.57 Å². The molecule has 1 aliphatic heterocycles. The van der Waals surface area contributed by atoms with Gasteiger partial charge >= 0.3 is 0 Å². The molecule has 0 radical (unpaired) electrons. The number of hydrogen-bond acceptors (Lipinski definition) is 0. The van der Waals surface area contributed by atoms with Crippen LogP contribution in [0.25, 0.3) is 50.2 Å². The lowest BCUT2D eigenvalue weighted by Gasteiger charge is -2.35. The quantitative estimate of drug-likeness (QED) is 0.179. The number of allylic oxidation sites excluding steroid dienone is 1. The van der Waals surface area contributed by atoms with Crippen molar-refractivity contribution in [1.82, 2.24) is 0 Å². The van der Waals surface area contributed by atoms with Crippen LogP contribution in [0.3, 0.4) is 0 Å². The minimum atomic E-state index is -0.101. The van der Waals surface area contributed by atoms with Crippen LogP contribution < -0.4 is 4.57 Å². The van der Waals surface area contributed by atoms with Crippen molar-refractivity contribution in [3.8, 4) is 44.6 Å². The molecule has 0 N–H and O–H groups in total. The van der Waals surface area contributed by atoms with Crippen LogP contribution in [-0.2, 0) is 16.4 Å². The van der Waals surface area contributed by atoms with Crippen LogP contribution in [-0.4, -0.2) is 0 Å². The van der Waals surface area contributed by atoms with Gasteiger partial charge < -0.3 is 0 Å². The third kappa shape index (κ3) is 5.48. The number of pyridine rings is 1. The zero-order valence-electron chi connectivity index (χ0n) is 28.5. The maximum Gasteiger partial charge on any atom is 0.213 e. The molecule has 0 unspecified atom stereocenters. The third-order valence-electron chi connectivity index (χ3n) is 10.1. The highest BCUT2D eigenvalue weighted by Crippen LogP contribution is 2.45. The Kier molecular flexibility index (Phi) is 7.72. The van der Waals surface area contributed by atoms with Crippen LogP contribution >= 0.6 is 0 Å². The topological polar surface area (TPSA) is 3.88 Å². The highest BCUT2D eigenvalue weighted by Gasteiger charge is 2.46. The van der Waals surface area contributed by atoms with Gasteiger partial charge in [0.2, 0.25) is 5.69 Å². The largest absolute Gasteiger partial charge is 0.213 e. The second kappa shape index (κ2) is 11.3. The van der Waals surface area contributed by atoms with E-state index in [0.29, 0.717) is 0 Å². The summed E-state index contributed by atoms with van der Waals surface area (Å²) in [5, 5.41) is 0. The second-order valence-electron chi connectivity index (χ2n) is 14.9. The van der Waals surface area contributed by atoms with E-state index in [9.17, 15) is 0 Å². The Balaban J connectivity index is 1.52. The second-order valence-corrected chi connectivity index (χ2v) is 14.9. The van der Waals surface area contributed by atoms with Crippen molar-refractivity contribution in [3.63, 3.8) is 0 Å². The fraction of sp³-hybridized carbons (Fsp3) is 0.295. The van der Waals surface area contributed by atoms with E-state index in [0.717, 1.165) is 12.8 Å². The first kappa shape index (κ1) is 30.8. The summed E-state index contributed by atoms with van der Waals surface area (Å²) in [6.45, 7) is 22.9. The Bertz CT molecular complexity index is 1790. The molecule has 1 nitrogen and oxygen atoms in total. The van der Waals surface area contributed by atoms with Crippen molar-refractivity contribution in [3.05, 3.63) is 133 Å². The summed E-state index contributed by atoms with van der Waals surface area (Å²) >= 11 is 0. The van der Waals surface area contributed by atoms with Gasteiger partial charge in [0.05, 0.1) is 5.56 Å². The maximum absolute atomic E-state index is 4.69. The van der Waals surface area contributed by atoms with Crippen molar-refractivity contribution in [2.24, 2.45) is 0 Å². The van der Waals surface area contributed by atoms with Crippen LogP contribution in [0.1, 0.15) is 84.9 Å². The highest BCUT2D eigenvalue weighted by molar-refractivity contribution is 5.88. The maximum atomic E-state index is 4.69. The number of nitrogens with zero attached hydrogens (tertiary/aromatic N) is 1. The van der Waals surface area contributed by atoms with Gasteiger partial charge in [0, 0.05) is 30.5 Å². The number of rotatable bonds is 5. The minimum absolute atomic E-state index is 0.101. The van der Waals surface area contributed by atoms with Gasteiger partial charge in [-0.2, -0.15) is 4.57 Å². The molecular weight excluding hydrogens is 542 g/mol. The lowest BCUT2D eigenvalue weighted by Crippen LogP contribution is -2.59. The molecule has 0 spiro atoms. The van der Waals surface area contributed by atoms with Gasteiger partial charge in [0.15, 0.2) is 11.7 Å². The van der Waals surface area contributed by atoms with Crippen LogP contribution in [0.15, 0.2) is 116 Å².